The van der Waals surface area contributed by atoms with E-state index in [4.69, 9.17) is 0 Å². The van der Waals surface area contributed by atoms with Crippen molar-refractivity contribution < 1.29 is 0 Å². The van der Waals surface area contributed by atoms with E-state index in [0.717, 1.165) is 0 Å². The monoisotopic (exact) mass is 152 g/mol. The molecule has 0 N–H and O–H groups in total. The molecule has 0 bridgehead atoms. The zero-order valence-electron chi connectivity index (χ0n) is 6.80. The summed E-state index contributed by atoms with van der Waals surface area (Å²) in [6, 6.07) is 8.63. The average Bonchev–Trinajstić information content (AvgIpc) is 2.46. The normalized spacial score (nSPS) is 13.2. The topological polar surface area (TPSA) is 0 Å². The maximum atomic E-state index is 2.31. The summed E-state index contributed by atoms with van der Waals surface area (Å²) in [6.07, 6.45) is 4.68. The van der Waals surface area contributed by atoms with Gasteiger partial charge in [0, 0.05) is 0 Å². The molecule has 0 aromatic heterocycles. The van der Waals surface area contributed by atoms with E-state index in [1.54, 1.807) is 5.57 Å². The fourth-order valence-corrected chi connectivity index (χ4v) is 1.58. The van der Waals surface area contributed by atoms with Crippen LogP contribution < -0.4 is 0 Å². The molecular formula is C11H13Li. The van der Waals surface area contributed by atoms with Crippen molar-refractivity contribution in [3.8, 4) is 0 Å². The minimum atomic E-state index is 0. The molecule has 12 heavy (non-hydrogen) atoms. The van der Waals surface area contributed by atoms with Crippen LogP contribution >= 0.6 is 0 Å². The summed E-state index contributed by atoms with van der Waals surface area (Å²) in [4.78, 5) is 0. The van der Waals surface area contributed by atoms with Crippen LogP contribution in [0.3, 0.4) is 0 Å². The Kier molecular flexibility index (Phi) is 3.20. The molecule has 0 saturated heterocycles. The zero-order chi connectivity index (χ0) is 7.68. The van der Waals surface area contributed by atoms with Gasteiger partial charge in [-0.15, -0.1) is 0 Å². The summed E-state index contributed by atoms with van der Waals surface area (Å²) in [7, 11) is 0. The summed E-state index contributed by atoms with van der Waals surface area (Å²) in [5.41, 5.74) is 4.47. The van der Waals surface area contributed by atoms with E-state index in [0.29, 0.717) is 0 Å². The Morgan fingerprint density at radius 1 is 1.25 bits per heavy atom. The summed E-state index contributed by atoms with van der Waals surface area (Å²) in [5.74, 6) is 0. The molecule has 0 spiro atoms. The fraction of sp³-hybridized carbons (Fsp3) is 0.273. The first-order valence-electron chi connectivity index (χ1n) is 4.17. The number of rotatable bonds is 1. The van der Waals surface area contributed by atoms with Gasteiger partial charge in [-0.1, -0.05) is 42.8 Å². The van der Waals surface area contributed by atoms with Crippen molar-refractivity contribution in [1.29, 1.82) is 0 Å². The van der Waals surface area contributed by atoms with Crippen molar-refractivity contribution >= 4 is 24.9 Å². The molecule has 0 atom stereocenters. The van der Waals surface area contributed by atoms with E-state index in [1.807, 2.05) is 0 Å². The van der Waals surface area contributed by atoms with Gasteiger partial charge in [0.15, 0.2) is 0 Å². The van der Waals surface area contributed by atoms with Crippen molar-refractivity contribution in [3.05, 3.63) is 41.0 Å². The Labute approximate surface area is 85.9 Å². The third-order valence-corrected chi connectivity index (χ3v) is 2.29. The van der Waals surface area contributed by atoms with Gasteiger partial charge in [0.1, 0.15) is 0 Å². The summed E-state index contributed by atoms with van der Waals surface area (Å²) >= 11 is 0. The van der Waals surface area contributed by atoms with Gasteiger partial charge in [0.05, 0.1) is 0 Å². The van der Waals surface area contributed by atoms with Crippen molar-refractivity contribution in [2.24, 2.45) is 0 Å². The van der Waals surface area contributed by atoms with Crippen molar-refractivity contribution in [3.63, 3.8) is 0 Å². The Balaban J connectivity index is 0.000000720. The standard InChI is InChI=1S/C11H12.Li.H/c1-2-9-7-10-5-3-4-6-11(10)8-9;;/h3-7H,2,8H2,1H3;;. The molecule has 0 radical (unpaired) electrons. The molecule has 1 aliphatic carbocycles. The second kappa shape index (κ2) is 3.98. The quantitative estimate of drug-likeness (QED) is 0.542. The SMILES string of the molecule is CCC1=Cc2ccccc2C1.[LiH]. The Bertz CT molecular complexity index is 300. The van der Waals surface area contributed by atoms with Crippen molar-refractivity contribution in [1.82, 2.24) is 0 Å². The second-order valence-electron chi connectivity index (χ2n) is 3.03. The molecule has 1 aromatic rings. The first kappa shape index (κ1) is 9.64. The molecule has 0 amide bonds. The van der Waals surface area contributed by atoms with Gasteiger partial charge in [0.25, 0.3) is 0 Å². The summed E-state index contributed by atoms with van der Waals surface area (Å²) < 4.78 is 0. The van der Waals surface area contributed by atoms with Crippen LogP contribution in [-0.2, 0) is 6.42 Å². The van der Waals surface area contributed by atoms with Crippen molar-refractivity contribution in [2.45, 2.75) is 19.8 Å². The van der Waals surface area contributed by atoms with Crippen LogP contribution in [0.5, 0.6) is 0 Å². The summed E-state index contributed by atoms with van der Waals surface area (Å²) in [6.45, 7) is 2.22. The molecule has 0 fully saturated rings. The van der Waals surface area contributed by atoms with Crippen LogP contribution in [0, 0.1) is 0 Å². The van der Waals surface area contributed by atoms with Crippen LogP contribution in [0.2, 0.25) is 0 Å². The predicted octanol–water partition coefficient (Wildman–Crippen LogP) is 2.39. The van der Waals surface area contributed by atoms with E-state index >= 15 is 0 Å². The number of allylic oxidation sites excluding steroid dienone is 1. The Hall–Kier alpha value is -0.443. The number of benzene rings is 1. The molecule has 1 aliphatic rings. The van der Waals surface area contributed by atoms with E-state index in [-0.39, 0.29) is 18.9 Å². The van der Waals surface area contributed by atoms with E-state index in [1.165, 1.54) is 24.0 Å². The van der Waals surface area contributed by atoms with Gasteiger partial charge in [-0.2, -0.15) is 0 Å². The molecule has 0 unspecified atom stereocenters. The first-order valence-corrected chi connectivity index (χ1v) is 4.17. The molecule has 0 aliphatic heterocycles. The van der Waals surface area contributed by atoms with Crippen LogP contribution in [0.4, 0.5) is 0 Å². The van der Waals surface area contributed by atoms with E-state index in [9.17, 15) is 0 Å². The van der Waals surface area contributed by atoms with E-state index < -0.39 is 0 Å². The van der Waals surface area contributed by atoms with Gasteiger partial charge in [-0.3, -0.25) is 0 Å². The van der Waals surface area contributed by atoms with Crippen LogP contribution in [-0.4, -0.2) is 18.9 Å². The zero-order valence-corrected chi connectivity index (χ0v) is 6.80. The van der Waals surface area contributed by atoms with Crippen LogP contribution in [0.1, 0.15) is 24.5 Å². The third kappa shape index (κ3) is 1.66. The number of fused-ring (bicyclic) bond motifs is 1. The first-order chi connectivity index (χ1) is 5.40. The molecule has 0 nitrogen and oxygen atoms in total. The average molecular weight is 152 g/mol. The van der Waals surface area contributed by atoms with Gasteiger partial charge >= 0.3 is 18.9 Å². The van der Waals surface area contributed by atoms with Crippen molar-refractivity contribution in [2.75, 3.05) is 0 Å². The molecule has 0 heterocycles. The molecule has 2 rings (SSSR count). The third-order valence-electron chi connectivity index (χ3n) is 2.29. The minimum absolute atomic E-state index is 0. The van der Waals surface area contributed by atoms with Gasteiger partial charge in [-0.25, -0.2) is 0 Å². The van der Waals surface area contributed by atoms with Crippen LogP contribution in [0.25, 0.3) is 6.08 Å². The van der Waals surface area contributed by atoms with Gasteiger partial charge < -0.3 is 0 Å². The predicted molar refractivity (Wildman–Crippen MR) is 55.6 cm³/mol. The molecule has 58 valence electrons. The van der Waals surface area contributed by atoms with Gasteiger partial charge in [-0.05, 0) is 24.0 Å². The van der Waals surface area contributed by atoms with Crippen LogP contribution in [0.15, 0.2) is 29.8 Å². The second-order valence-corrected chi connectivity index (χ2v) is 3.03. The van der Waals surface area contributed by atoms with Gasteiger partial charge in [0.2, 0.25) is 0 Å². The molecular weight excluding hydrogens is 139 g/mol. The maximum absolute atomic E-state index is 2.31. The molecule has 1 aromatic carbocycles. The van der Waals surface area contributed by atoms with E-state index in [2.05, 4.69) is 37.3 Å². The molecule has 1 heteroatoms. The Morgan fingerprint density at radius 3 is 2.67 bits per heavy atom. The number of hydrogen-bond acceptors (Lipinski definition) is 0. The number of hydrogen-bond donors (Lipinski definition) is 0. The molecule has 0 saturated carbocycles. The Morgan fingerprint density at radius 2 is 2.00 bits per heavy atom. The fourth-order valence-electron chi connectivity index (χ4n) is 1.58. The summed E-state index contributed by atoms with van der Waals surface area (Å²) in [5, 5.41) is 0.